The van der Waals surface area contributed by atoms with Crippen molar-refractivity contribution in [1.29, 1.82) is 0 Å². The van der Waals surface area contributed by atoms with Gasteiger partial charge in [0, 0.05) is 50.8 Å². The van der Waals surface area contributed by atoms with Gasteiger partial charge in [-0.1, -0.05) is 208 Å². The zero-order valence-electron chi connectivity index (χ0n) is 42.5. The van der Waals surface area contributed by atoms with E-state index in [1.54, 1.807) is 0 Å². The lowest BCUT2D eigenvalue weighted by Crippen LogP contribution is -2.61. The van der Waals surface area contributed by atoms with E-state index in [-0.39, 0.29) is 6.71 Å². The molecule has 14 rings (SSSR count). The van der Waals surface area contributed by atoms with E-state index < -0.39 is 0 Å². The Morgan fingerprint density at radius 3 is 1.15 bits per heavy atom. The summed E-state index contributed by atoms with van der Waals surface area (Å²) in [7, 11) is 0. The Hall–Kier alpha value is -8.28. The summed E-state index contributed by atoms with van der Waals surface area (Å²) in [5.74, 6) is 1.84. The first-order valence-electron chi connectivity index (χ1n) is 27.6. The standard InChI is InChI=1S/C70H59BN4/c1-7-19-48(20-8-1)52-31-37-59(38-32-52)74-65-41-35-56(50-23-11-3-12-24-50)43-61(65)71-62-44-57(51-25-13-4-14-26-51)36-42-66(62)75(60-39-33-53(34-40-60)49-21-9-2-10-22-49)68-46-58(45-67(74)69(68)71)64-47-63(54-27-15-5-16-28-54)72-70(73-64)55-29-17-6-18-30-55/h1-2,5-10,15-22,27-47,50-51H,3-4,11-14,23-26H2. The smallest absolute Gasteiger partial charge is 0.252 e. The fraction of sp³-hybridized carbons (Fsp3) is 0.171. The first kappa shape index (κ1) is 45.3. The molecule has 2 saturated carbocycles. The van der Waals surface area contributed by atoms with Gasteiger partial charge < -0.3 is 9.80 Å². The maximum atomic E-state index is 5.51. The van der Waals surface area contributed by atoms with Crippen LogP contribution in [0.2, 0.25) is 0 Å². The monoisotopic (exact) mass is 966 g/mol. The molecule has 3 heterocycles. The Balaban J connectivity index is 1.05. The van der Waals surface area contributed by atoms with E-state index in [1.165, 1.54) is 137 Å². The zero-order chi connectivity index (χ0) is 49.7. The zero-order valence-corrected chi connectivity index (χ0v) is 42.5. The first-order chi connectivity index (χ1) is 37.2. The van der Waals surface area contributed by atoms with Gasteiger partial charge in [0.2, 0.25) is 0 Å². The molecule has 0 N–H and O–H groups in total. The van der Waals surface area contributed by atoms with Crippen LogP contribution in [0.5, 0.6) is 0 Å². The van der Waals surface area contributed by atoms with Crippen molar-refractivity contribution in [2.24, 2.45) is 0 Å². The van der Waals surface area contributed by atoms with Crippen molar-refractivity contribution < 1.29 is 0 Å². The predicted octanol–water partition coefficient (Wildman–Crippen LogP) is 17.0. The SMILES string of the molecule is c1ccc(-c2ccc(N3c4ccc(C5CCCCC5)cc4B4c5cc(C6CCCCC6)ccc5N(c5ccc(-c6ccccc6)cc5)c5cc(-c6cc(-c7ccccc7)nc(-c7ccccc7)n6)cc3c54)cc2)cc1. The second-order valence-electron chi connectivity index (χ2n) is 21.4. The summed E-state index contributed by atoms with van der Waals surface area (Å²) < 4.78 is 0. The molecular formula is C70H59BN4. The summed E-state index contributed by atoms with van der Waals surface area (Å²) in [5.41, 5.74) is 23.9. The molecule has 0 bridgehead atoms. The molecule has 0 spiro atoms. The summed E-state index contributed by atoms with van der Waals surface area (Å²) >= 11 is 0. The molecule has 0 atom stereocenters. The second-order valence-corrected chi connectivity index (χ2v) is 21.4. The average molecular weight is 967 g/mol. The van der Waals surface area contributed by atoms with Gasteiger partial charge in [0.1, 0.15) is 0 Å². The first-order valence-corrected chi connectivity index (χ1v) is 27.6. The summed E-state index contributed by atoms with van der Waals surface area (Å²) in [4.78, 5) is 15.9. The van der Waals surface area contributed by atoms with Crippen molar-refractivity contribution in [3.05, 3.63) is 236 Å². The van der Waals surface area contributed by atoms with E-state index in [0.717, 1.165) is 39.5 Å². The Morgan fingerprint density at radius 1 is 0.320 bits per heavy atom. The van der Waals surface area contributed by atoms with Gasteiger partial charge in [0.15, 0.2) is 5.82 Å². The van der Waals surface area contributed by atoms with Crippen LogP contribution in [0.15, 0.2) is 224 Å². The number of benzene rings is 9. The van der Waals surface area contributed by atoms with Gasteiger partial charge in [0.05, 0.1) is 11.4 Å². The van der Waals surface area contributed by atoms with Crippen LogP contribution in [0, 0.1) is 0 Å². The van der Waals surface area contributed by atoms with Crippen molar-refractivity contribution in [2.45, 2.75) is 76.0 Å². The van der Waals surface area contributed by atoms with Gasteiger partial charge >= 0.3 is 0 Å². The topological polar surface area (TPSA) is 32.3 Å². The molecule has 4 aliphatic rings. The molecule has 9 aromatic carbocycles. The van der Waals surface area contributed by atoms with E-state index >= 15 is 0 Å². The molecule has 75 heavy (non-hydrogen) atoms. The van der Waals surface area contributed by atoms with E-state index in [0.29, 0.717) is 17.7 Å². The van der Waals surface area contributed by atoms with Crippen molar-refractivity contribution in [3.63, 3.8) is 0 Å². The van der Waals surface area contributed by atoms with Crippen molar-refractivity contribution in [2.75, 3.05) is 9.80 Å². The van der Waals surface area contributed by atoms with Crippen LogP contribution in [0.3, 0.4) is 0 Å². The maximum Gasteiger partial charge on any atom is 0.252 e. The number of fused-ring (bicyclic) bond motifs is 4. The van der Waals surface area contributed by atoms with E-state index in [2.05, 4.69) is 234 Å². The predicted molar refractivity (Wildman–Crippen MR) is 315 cm³/mol. The maximum absolute atomic E-state index is 5.51. The van der Waals surface area contributed by atoms with Crippen LogP contribution in [-0.4, -0.2) is 16.7 Å². The highest BCUT2D eigenvalue weighted by molar-refractivity contribution is 7.00. The van der Waals surface area contributed by atoms with Gasteiger partial charge in [0.25, 0.3) is 6.71 Å². The van der Waals surface area contributed by atoms with Gasteiger partial charge in [-0.15, -0.1) is 0 Å². The van der Waals surface area contributed by atoms with Crippen molar-refractivity contribution >= 4 is 57.2 Å². The second kappa shape index (κ2) is 19.5. The molecule has 0 unspecified atom stereocenters. The third-order valence-corrected chi connectivity index (χ3v) is 16.9. The number of hydrogen-bond acceptors (Lipinski definition) is 4. The normalized spacial score (nSPS) is 15.3. The number of hydrogen-bond donors (Lipinski definition) is 0. The van der Waals surface area contributed by atoms with E-state index in [1.807, 2.05) is 0 Å². The summed E-state index contributed by atoms with van der Waals surface area (Å²) in [5, 5.41) is 0. The third kappa shape index (κ3) is 8.45. The molecule has 0 radical (unpaired) electrons. The van der Waals surface area contributed by atoms with Crippen molar-refractivity contribution in [3.8, 4) is 56.2 Å². The van der Waals surface area contributed by atoms with Crippen LogP contribution in [0.25, 0.3) is 56.2 Å². The van der Waals surface area contributed by atoms with Crippen LogP contribution < -0.4 is 26.2 Å². The number of nitrogens with zero attached hydrogens (tertiary/aromatic N) is 4. The molecule has 5 heteroatoms. The molecule has 10 aromatic rings. The van der Waals surface area contributed by atoms with Crippen LogP contribution in [0.4, 0.5) is 34.1 Å². The molecule has 1 aromatic heterocycles. The molecule has 0 amide bonds. The number of rotatable bonds is 9. The summed E-state index contributed by atoms with van der Waals surface area (Å²) in [6.45, 7) is 0.00553. The Labute approximate surface area is 442 Å². The highest BCUT2D eigenvalue weighted by Gasteiger charge is 2.44. The van der Waals surface area contributed by atoms with Gasteiger partial charge in [-0.3, -0.25) is 0 Å². The van der Waals surface area contributed by atoms with Gasteiger partial charge in [-0.25, -0.2) is 9.97 Å². The molecule has 2 aliphatic heterocycles. The Kier molecular flexibility index (Phi) is 11.8. The molecule has 4 nitrogen and oxygen atoms in total. The highest BCUT2D eigenvalue weighted by Crippen LogP contribution is 2.48. The number of anilines is 6. The van der Waals surface area contributed by atoms with Gasteiger partial charge in [-0.2, -0.15) is 0 Å². The third-order valence-electron chi connectivity index (χ3n) is 16.9. The fourth-order valence-electron chi connectivity index (χ4n) is 13.1. The minimum atomic E-state index is 0.00553. The molecular weight excluding hydrogens is 908 g/mol. The Morgan fingerprint density at radius 2 is 0.707 bits per heavy atom. The lowest BCUT2D eigenvalue weighted by atomic mass is 9.33. The van der Waals surface area contributed by atoms with Crippen LogP contribution in [0.1, 0.15) is 87.2 Å². The minimum Gasteiger partial charge on any atom is -0.311 e. The molecule has 2 aliphatic carbocycles. The van der Waals surface area contributed by atoms with Gasteiger partial charge in [-0.05, 0) is 142 Å². The average Bonchev–Trinajstić information content (AvgIpc) is 3.51. The summed E-state index contributed by atoms with van der Waals surface area (Å²) in [6, 6.07) is 83.4. The lowest BCUT2D eigenvalue weighted by molar-refractivity contribution is 0.444. The lowest BCUT2D eigenvalue weighted by Gasteiger charge is -2.45. The van der Waals surface area contributed by atoms with Crippen LogP contribution >= 0.6 is 0 Å². The van der Waals surface area contributed by atoms with Crippen molar-refractivity contribution in [1.82, 2.24) is 9.97 Å². The van der Waals surface area contributed by atoms with Crippen LogP contribution in [-0.2, 0) is 0 Å². The molecule has 362 valence electrons. The van der Waals surface area contributed by atoms with E-state index in [4.69, 9.17) is 9.97 Å². The Bertz CT molecular complexity index is 3430. The highest BCUT2D eigenvalue weighted by atomic mass is 15.2. The minimum absolute atomic E-state index is 0.00553. The quantitative estimate of drug-likeness (QED) is 0.135. The van der Waals surface area contributed by atoms with E-state index in [9.17, 15) is 0 Å². The largest absolute Gasteiger partial charge is 0.311 e. The molecule has 2 fully saturated rings. The molecule has 0 saturated heterocycles. The fourth-order valence-corrected chi connectivity index (χ4v) is 13.1. The number of aromatic nitrogens is 2. The summed E-state index contributed by atoms with van der Waals surface area (Å²) in [6.07, 6.45) is 12.9.